The minimum Gasteiger partial charge on any atom is -0.468 e. The average Bonchev–Trinajstić information content (AvgIpc) is 2.58. The molecule has 126 valence electrons. The van der Waals surface area contributed by atoms with Crippen molar-refractivity contribution < 1.29 is 18.7 Å². The zero-order chi connectivity index (χ0) is 17.5. The van der Waals surface area contributed by atoms with Gasteiger partial charge in [-0.25, -0.2) is 4.39 Å². The van der Waals surface area contributed by atoms with Gasteiger partial charge in [0.2, 0.25) is 5.91 Å². The fraction of sp³-hybridized carbons (Fsp3) is 0.263. The third kappa shape index (κ3) is 4.65. The summed E-state index contributed by atoms with van der Waals surface area (Å²) in [5.41, 5.74) is 2.26. The molecule has 0 spiro atoms. The Balaban J connectivity index is 2.19. The maximum Gasteiger partial charge on any atom is 0.325 e. The Hall–Kier alpha value is -2.69. The van der Waals surface area contributed by atoms with Crippen molar-refractivity contribution in [1.29, 1.82) is 0 Å². The number of benzene rings is 2. The number of rotatable bonds is 6. The zero-order valence-corrected chi connectivity index (χ0v) is 13.8. The van der Waals surface area contributed by atoms with E-state index in [1.165, 1.54) is 18.1 Å². The molecule has 1 amide bonds. The molecule has 2 aromatic rings. The van der Waals surface area contributed by atoms with Crippen LogP contribution in [-0.2, 0) is 27.3 Å². The summed E-state index contributed by atoms with van der Waals surface area (Å²) in [6, 6.07) is 13.8. The summed E-state index contributed by atoms with van der Waals surface area (Å²) in [6.45, 7) is 2.04. The van der Waals surface area contributed by atoms with Crippen LogP contribution in [0.3, 0.4) is 0 Å². The van der Waals surface area contributed by atoms with Gasteiger partial charge < -0.3 is 9.64 Å². The molecule has 0 aliphatic rings. The molecule has 0 saturated carbocycles. The number of carbonyl (C=O) groups is 2. The number of ether oxygens (including phenoxy) is 1. The number of esters is 1. The Morgan fingerprint density at radius 3 is 2.29 bits per heavy atom. The molecule has 0 N–H and O–H groups in total. The number of nitrogens with zero attached hydrogens (tertiary/aromatic N) is 1. The lowest BCUT2D eigenvalue weighted by Gasteiger charge is -2.22. The number of amides is 1. The average molecular weight is 329 g/mol. The molecule has 0 aromatic heterocycles. The molecular formula is C19H20FNO3. The van der Waals surface area contributed by atoms with Crippen molar-refractivity contribution in [2.24, 2.45) is 0 Å². The molecule has 0 aliphatic carbocycles. The summed E-state index contributed by atoms with van der Waals surface area (Å²) in [5, 5.41) is 0. The van der Waals surface area contributed by atoms with E-state index in [9.17, 15) is 14.0 Å². The first-order chi connectivity index (χ1) is 11.5. The van der Waals surface area contributed by atoms with Crippen LogP contribution in [0.4, 0.5) is 4.39 Å². The van der Waals surface area contributed by atoms with Crippen molar-refractivity contribution in [3.63, 3.8) is 0 Å². The van der Waals surface area contributed by atoms with Gasteiger partial charge in [-0.15, -0.1) is 0 Å². The molecule has 0 bridgehead atoms. The van der Waals surface area contributed by atoms with Gasteiger partial charge in [0.25, 0.3) is 0 Å². The molecule has 0 atom stereocenters. The van der Waals surface area contributed by atoms with Crippen LogP contribution in [0.2, 0.25) is 0 Å². The van der Waals surface area contributed by atoms with Gasteiger partial charge in [0.05, 0.1) is 13.5 Å². The third-order valence-corrected chi connectivity index (χ3v) is 3.82. The first-order valence-electron chi connectivity index (χ1n) is 7.63. The van der Waals surface area contributed by atoms with Crippen LogP contribution < -0.4 is 0 Å². The molecule has 0 radical (unpaired) electrons. The van der Waals surface area contributed by atoms with Gasteiger partial charge >= 0.3 is 5.97 Å². The highest BCUT2D eigenvalue weighted by Crippen LogP contribution is 2.14. The molecule has 2 rings (SSSR count). The number of aryl methyl sites for hydroxylation is 1. The lowest BCUT2D eigenvalue weighted by atomic mass is 10.1. The molecule has 24 heavy (non-hydrogen) atoms. The van der Waals surface area contributed by atoms with E-state index < -0.39 is 11.8 Å². The quantitative estimate of drug-likeness (QED) is 0.766. The topological polar surface area (TPSA) is 46.6 Å². The van der Waals surface area contributed by atoms with Gasteiger partial charge in [-0.1, -0.05) is 42.5 Å². The molecule has 0 aliphatic heterocycles. The standard InChI is InChI=1S/C19H20FNO3/c1-14-7-3-4-9-16(14)12-21(13-19(23)24-2)18(22)11-15-8-5-6-10-17(15)20/h3-10H,11-13H2,1-2H3. The fourth-order valence-corrected chi connectivity index (χ4v) is 2.36. The number of hydrogen-bond donors (Lipinski definition) is 0. The van der Waals surface area contributed by atoms with Crippen LogP contribution in [0.5, 0.6) is 0 Å². The summed E-state index contributed by atoms with van der Waals surface area (Å²) >= 11 is 0. The van der Waals surface area contributed by atoms with Gasteiger partial charge in [0, 0.05) is 6.54 Å². The predicted octanol–water partition coefficient (Wildman–Crippen LogP) is 2.88. The summed E-state index contributed by atoms with van der Waals surface area (Å²) in [7, 11) is 1.27. The van der Waals surface area contributed by atoms with Gasteiger partial charge in [-0.3, -0.25) is 9.59 Å². The minimum absolute atomic E-state index is 0.102. The lowest BCUT2D eigenvalue weighted by Crippen LogP contribution is -2.37. The normalized spacial score (nSPS) is 10.3. The second kappa shape index (κ2) is 8.24. The van der Waals surface area contributed by atoms with Crippen molar-refractivity contribution in [1.82, 2.24) is 4.90 Å². The molecular weight excluding hydrogens is 309 g/mol. The second-order valence-electron chi connectivity index (χ2n) is 5.52. The Labute approximate surface area is 140 Å². The number of methoxy groups -OCH3 is 1. The zero-order valence-electron chi connectivity index (χ0n) is 13.8. The van der Waals surface area contributed by atoms with E-state index in [4.69, 9.17) is 0 Å². The van der Waals surface area contributed by atoms with Gasteiger partial charge in [-0.2, -0.15) is 0 Å². The van der Waals surface area contributed by atoms with Crippen molar-refractivity contribution >= 4 is 11.9 Å². The molecule has 4 nitrogen and oxygen atoms in total. The highest BCUT2D eigenvalue weighted by molar-refractivity contribution is 5.83. The first-order valence-corrected chi connectivity index (χ1v) is 7.63. The van der Waals surface area contributed by atoms with Crippen molar-refractivity contribution in [3.05, 3.63) is 71.0 Å². The van der Waals surface area contributed by atoms with E-state index in [1.807, 2.05) is 31.2 Å². The van der Waals surface area contributed by atoms with Crippen molar-refractivity contribution in [2.75, 3.05) is 13.7 Å². The molecule has 0 saturated heterocycles. The first kappa shape index (κ1) is 17.7. The highest BCUT2D eigenvalue weighted by atomic mass is 19.1. The van der Waals surface area contributed by atoms with Crippen molar-refractivity contribution in [3.8, 4) is 0 Å². The molecule has 0 unspecified atom stereocenters. The fourth-order valence-electron chi connectivity index (χ4n) is 2.36. The number of carbonyl (C=O) groups excluding carboxylic acids is 2. The van der Waals surface area contributed by atoms with E-state index in [0.29, 0.717) is 5.56 Å². The smallest absolute Gasteiger partial charge is 0.325 e. The SMILES string of the molecule is COC(=O)CN(Cc1ccccc1C)C(=O)Cc1ccccc1F. The Morgan fingerprint density at radius 2 is 1.67 bits per heavy atom. The van der Waals surface area contributed by atoms with Crippen LogP contribution in [-0.4, -0.2) is 30.4 Å². The number of halogens is 1. The van der Waals surface area contributed by atoms with E-state index in [1.54, 1.807) is 18.2 Å². The Morgan fingerprint density at radius 1 is 1.04 bits per heavy atom. The van der Waals surface area contributed by atoms with Crippen LogP contribution in [0.1, 0.15) is 16.7 Å². The summed E-state index contributed by atoms with van der Waals surface area (Å²) in [4.78, 5) is 25.6. The monoisotopic (exact) mass is 329 g/mol. The molecule has 0 heterocycles. The lowest BCUT2D eigenvalue weighted by molar-refractivity contribution is -0.147. The molecule has 0 fully saturated rings. The van der Waals surface area contributed by atoms with Gasteiger partial charge in [0.15, 0.2) is 0 Å². The summed E-state index contributed by atoms with van der Waals surface area (Å²) in [5.74, 6) is -1.26. The van der Waals surface area contributed by atoms with E-state index >= 15 is 0 Å². The second-order valence-corrected chi connectivity index (χ2v) is 5.52. The number of hydrogen-bond acceptors (Lipinski definition) is 3. The van der Waals surface area contributed by atoms with Gasteiger partial charge in [-0.05, 0) is 29.7 Å². The van der Waals surface area contributed by atoms with E-state index in [2.05, 4.69) is 4.74 Å². The summed E-state index contributed by atoms with van der Waals surface area (Å²) in [6.07, 6.45) is -0.102. The highest BCUT2D eigenvalue weighted by Gasteiger charge is 2.20. The van der Waals surface area contributed by atoms with E-state index in [-0.39, 0.29) is 25.4 Å². The predicted molar refractivity (Wildman–Crippen MR) is 88.7 cm³/mol. The Bertz CT molecular complexity index is 730. The Kier molecular flexibility index (Phi) is 6.07. The third-order valence-electron chi connectivity index (χ3n) is 3.82. The van der Waals surface area contributed by atoms with Crippen LogP contribution in [0.15, 0.2) is 48.5 Å². The molecule has 2 aromatic carbocycles. The van der Waals surface area contributed by atoms with Crippen molar-refractivity contribution in [2.45, 2.75) is 19.9 Å². The molecule has 5 heteroatoms. The summed E-state index contributed by atoms with van der Waals surface area (Å²) < 4.78 is 18.4. The van der Waals surface area contributed by atoms with E-state index in [0.717, 1.165) is 11.1 Å². The van der Waals surface area contributed by atoms with Crippen LogP contribution in [0.25, 0.3) is 0 Å². The maximum absolute atomic E-state index is 13.8. The minimum atomic E-state index is -0.509. The van der Waals surface area contributed by atoms with Gasteiger partial charge in [0.1, 0.15) is 12.4 Å². The van der Waals surface area contributed by atoms with Crippen LogP contribution >= 0.6 is 0 Å². The van der Waals surface area contributed by atoms with Crippen LogP contribution in [0, 0.1) is 12.7 Å². The largest absolute Gasteiger partial charge is 0.468 e. The maximum atomic E-state index is 13.8.